The van der Waals surface area contributed by atoms with Gasteiger partial charge >= 0.3 is 0 Å². The summed E-state index contributed by atoms with van der Waals surface area (Å²) in [4.78, 5) is 0. The van der Waals surface area contributed by atoms with Crippen molar-refractivity contribution >= 4 is 21.8 Å². The zero-order chi connectivity index (χ0) is 18.6. The van der Waals surface area contributed by atoms with Crippen LogP contribution in [0.5, 0.6) is 5.75 Å². The van der Waals surface area contributed by atoms with Crippen LogP contribution in [0.2, 0.25) is 0 Å². The fraction of sp³-hybridized carbons (Fsp3) is 0.118. The van der Waals surface area contributed by atoms with Crippen molar-refractivity contribution in [2.24, 2.45) is 0 Å². The van der Waals surface area contributed by atoms with Gasteiger partial charge in [-0.15, -0.1) is 5.10 Å². The van der Waals surface area contributed by atoms with Gasteiger partial charge in [-0.2, -0.15) is 4.68 Å². The van der Waals surface area contributed by atoms with Crippen LogP contribution in [-0.4, -0.2) is 35.7 Å². The van der Waals surface area contributed by atoms with Crippen LogP contribution in [-0.2, 0) is 10.0 Å². The monoisotopic (exact) mass is 371 g/mol. The van der Waals surface area contributed by atoms with Crippen molar-refractivity contribution in [1.82, 2.24) is 20.2 Å². The summed E-state index contributed by atoms with van der Waals surface area (Å²) in [6, 6.07) is 12.4. The maximum atomic E-state index is 12.3. The van der Waals surface area contributed by atoms with Gasteiger partial charge in [-0.25, -0.2) is 8.42 Å². The molecule has 0 aliphatic rings. The molecular weight excluding hydrogens is 354 g/mol. The lowest BCUT2D eigenvalue weighted by atomic mass is 10.2. The van der Waals surface area contributed by atoms with Gasteiger partial charge < -0.3 is 4.74 Å². The molecule has 9 heteroatoms. The van der Waals surface area contributed by atoms with E-state index in [4.69, 9.17) is 4.74 Å². The van der Waals surface area contributed by atoms with Crippen LogP contribution in [0.1, 0.15) is 11.1 Å². The number of rotatable bonds is 6. The molecule has 1 N–H and O–H groups in total. The molecular formula is C17H17N5O3S. The van der Waals surface area contributed by atoms with E-state index in [2.05, 4.69) is 20.2 Å². The van der Waals surface area contributed by atoms with Crippen LogP contribution in [0.4, 0.5) is 5.69 Å². The second-order valence-corrected chi connectivity index (χ2v) is 7.07. The van der Waals surface area contributed by atoms with Gasteiger partial charge in [0.2, 0.25) is 0 Å². The number of benzene rings is 2. The molecule has 0 bridgehead atoms. The van der Waals surface area contributed by atoms with Crippen LogP contribution in [0.25, 0.3) is 11.8 Å². The fourth-order valence-electron chi connectivity index (χ4n) is 2.25. The van der Waals surface area contributed by atoms with E-state index < -0.39 is 10.0 Å². The number of hydrogen-bond acceptors (Lipinski definition) is 6. The van der Waals surface area contributed by atoms with Gasteiger partial charge in [-0.1, -0.05) is 29.8 Å². The van der Waals surface area contributed by atoms with Crippen molar-refractivity contribution in [2.75, 3.05) is 11.8 Å². The Morgan fingerprint density at radius 3 is 2.58 bits per heavy atom. The number of methoxy groups -OCH3 is 1. The second-order valence-electron chi connectivity index (χ2n) is 5.50. The number of nitrogens with zero attached hydrogens (tertiary/aromatic N) is 4. The molecule has 3 aromatic rings. The third-order valence-corrected chi connectivity index (χ3v) is 4.57. The van der Waals surface area contributed by atoms with E-state index in [9.17, 15) is 8.42 Å². The quantitative estimate of drug-likeness (QED) is 0.714. The highest BCUT2D eigenvalue weighted by Gasteiger charge is 2.11. The molecule has 0 amide bonds. The first-order valence-electron chi connectivity index (χ1n) is 7.66. The molecule has 0 aliphatic carbocycles. The zero-order valence-corrected chi connectivity index (χ0v) is 15.0. The average Bonchev–Trinajstić information content (AvgIpc) is 3.15. The molecule has 0 atom stereocenters. The summed E-state index contributed by atoms with van der Waals surface area (Å²) in [6.07, 6.45) is 2.93. The molecule has 0 saturated heterocycles. The number of aromatic nitrogens is 4. The molecule has 2 aromatic carbocycles. The lowest BCUT2D eigenvalue weighted by molar-refractivity contribution is 0.411. The number of aryl methyl sites for hydroxylation is 1. The van der Waals surface area contributed by atoms with Crippen LogP contribution in [0, 0.1) is 6.92 Å². The number of nitrogens with one attached hydrogen (secondary N) is 1. The van der Waals surface area contributed by atoms with E-state index in [-0.39, 0.29) is 0 Å². The molecule has 0 radical (unpaired) electrons. The number of tetrazole rings is 1. The van der Waals surface area contributed by atoms with Crippen molar-refractivity contribution in [3.63, 3.8) is 0 Å². The predicted molar refractivity (Wildman–Crippen MR) is 98.5 cm³/mol. The molecule has 26 heavy (non-hydrogen) atoms. The van der Waals surface area contributed by atoms with Gasteiger partial charge in [0.25, 0.3) is 10.0 Å². The molecule has 0 saturated carbocycles. The van der Waals surface area contributed by atoms with Gasteiger partial charge in [0.1, 0.15) is 17.8 Å². The number of ether oxygens (including phenoxy) is 1. The maximum absolute atomic E-state index is 12.3. The Morgan fingerprint density at radius 1 is 1.15 bits per heavy atom. The lowest BCUT2D eigenvalue weighted by Gasteiger charge is -2.10. The summed E-state index contributed by atoms with van der Waals surface area (Å²) in [5.41, 5.74) is 2.78. The van der Waals surface area contributed by atoms with Crippen molar-refractivity contribution in [3.05, 3.63) is 65.3 Å². The highest BCUT2D eigenvalue weighted by Crippen LogP contribution is 2.26. The maximum Gasteiger partial charge on any atom is 0.255 e. The van der Waals surface area contributed by atoms with E-state index in [1.807, 2.05) is 31.2 Å². The molecule has 1 aromatic heterocycles. The molecule has 0 spiro atoms. The largest absolute Gasteiger partial charge is 0.494 e. The minimum absolute atomic E-state index is 0.366. The molecule has 8 nitrogen and oxygen atoms in total. The Labute approximate surface area is 151 Å². The van der Waals surface area contributed by atoms with E-state index in [0.717, 1.165) is 16.5 Å². The summed E-state index contributed by atoms with van der Waals surface area (Å²) >= 11 is 0. The van der Waals surface area contributed by atoms with Crippen LogP contribution < -0.4 is 9.46 Å². The highest BCUT2D eigenvalue weighted by molar-refractivity contribution is 7.95. The van der Waals surface area contributed by atoms with Crippen LogP contribution in [0.15, 0.2) is 54.2 Å². The fourth-order valence-corrected chi connectivity index (χ4v) is 3.11. The van der Waals surface area contributed by atoms with Gasteiger partial charge in [0.15, 0.2) is 0 Å². The Kier molecular flexibility index (Phi) is 4.99. The van der Waals surface area contributed by atoms with Crippen LogP contribution in [0.3, 0.4) is 0 Å². The number of sulfonamides is 1. The van der Waals surface area contributed by atoms with Gasteiger partial charge in [0, 0.05) is 0 Å². The lowest BCUT2D eigenvalue weighted by Crippen LogP contribution is -2.09. The van der Waals surface area contributed by atoms with E-state index >= 15 is 0 Å². The normalized spacial score (nSPS) is 11.6. The minimum Gasteiger partial charge on any atom is -0.494 e. The van der Waals surface area contributed by atoms with Crippen LogP contribution >= 0.6 is 0 Å². The predicted octanol–water partition coefficient (Wildman–Crippen LogP) is 2.39. The Balaban J connectivity index is 1.83. The van der Waals surface area contributed by atoms with Crippen molar-refractivity contribution in [2.45, 2.75) is 6.92 Å². The third-order valence-electron chi connectivity index (χ3n) is 3.55. The van der Waals surface area contributed by atoms with Crippen molar-refractivity contribution in [3.8, 4) is 11.4 Å². The van der Waals surface area contributed by atoms with Crippen molar-refractivity contribution < 1.29 is 13.2 Å². The Hall–Kier alpha value is -3.20. The molecule has 0 fully saturated rings. The molecule has 3 rings (SSSR count). The highest BCUT2D eigenvalue weighted by atomic mass is 32.2. The number of anilines is 1. The first-order valence-corrected chi connectivity index (χ1v) is 9.20. The van der Waals surface area contributed by atoms with Gasteiger partial charge in [0.05, 0.1) is 18.2 Å². The molecule has 134 valence electrons. The van der Waals surface area contributed by atoms with Crippen molar-refractivity contribution in [1.29, 1.82) is 0 Å². The summed E-state index contributed by atoms with van der Waals surface area (Å²) in [5, 5.41) is 12.1. The Bertz CT molecular complexity index is 1010. The zero-order valence-electron chi connectivity index (χ0n) is 14.2. The average molecular weight is 371 g/mol. The molecule has 0 unspecified atom stereocenters. The first-order chi connectivity index (χ1) is 12.5. The third kappa shape index (κ3) is 4.25. The topological polar surface area (TPSA) is 99.0 Å². The first kappa shape index (κ1) is 17.6. The second kappa shape index (κ2) is 7.36. The van der Waals surface area contributed by atoms with E-state index in [0.29, 0.717) is 17.1 Å². The van der Waals surface area contributed by atoms with E-state index in [1.165, 1.54) is 24.2 Å². The van der Waals surface area contributed by atoms with E-state index in [1.54, 1.807) is 18.2 Å². The van der Waals surface area contributed by atoms with Gasteiger partial charge in [-0.05, 0) is 47.2 Å². The smallest absolute Gasteiger partial charge is 0.255 e. The standard InChI is InChI=1S/C17H17N5O3S/c1-13-3-5-14(6-4-13)9-10-26(23,24)19-15-7-8-17(25-2)16(11-15)22-12-18-20-21-22/h3-12,19H,1-2H3. The Morgan fingerprint density at radius 2 is 1.92 bits per heavy atom. The molecule has 1 heterocycles. The summed E-state index contributed by atoms with van der Waals surface area (Å²) in [5.74, 6) is 0.510. The summed E-state index contributed by atoms with van der Waals surface area (Å²) in [6.45, 7) is 1.97. The number of hydrogen-bond donors (Lipinski definition) is 1. The summed E-state index contributed by atoms with van der Waals surface area (Å²) < 4.78 is 33.8. The summed E-state index contributed by atoms with van der Waals surface area (Å²) in [7, 11) is -2.17. The SMILES string of the molecule is COc1ccc(NS(=O)(=O)C=Cc2ccc(C)cc2)cc1-n1cnnn1. The minimum atomic E-state index is -3.68. The molecule has 0 aliphatic heterocycles. The van der Waals surface area contributed by atoms with Gasteiger partial charge in [-0.3, -0.25) is 4.72 Å².